The van der Waals surface area contributed by atoms with Crippen molar-refractivity contribution >= 4 is 11.7 Å². The van der Waals surface area contributed by atoms with Crippen LogP contribution in [-0.4, -0.2) is 52.1 Å². The fourth-order valence-corrected chi connectivity index (χ4v) is 3.15. The molecule has 7 heteroatoms. The lowest BCUT2D eigenvalue weighted by Gasteiger charge is -2.32. The molecule has 2 N–H and O–H groups in total. The molecule has 2 aromatic heterocycles. The summed E-state index contributed by atoms with van der Waals surface area (Å²) in [5.74, 6) is 1.70. The van der Waals surface area contributed by atoms with Crippen LogP contribution in [0.5, 0.6) is 0 Å². The van der Waals surface area contributed by atoms with E-state index >= 15 is 0 Å². The van der Waals surface area contributed by atoms with Crippen molar-refractivity contribution in [1.29, 1.82) is 0 Å². The van der Waals surface area contributed by atoms with E-state index in [1.165, 1.54) is 0 Å². The number of carbonyl (C=O) groups is 1. The van der Waals surface area contributed by atoms with Crippen LogP contribution in [0.3, 0.4) is 0 Å². The number of pyridine rings is 1. The average Bonchev–Trinajstić information content (AvgIpc) is 3.08. The molecule has 0 aromatic carbocycles. The van der Waals surface area contributed by atoms with Crippen molar-refractivity contribution in [2.75, 3.05) is 32.5 Å². The third-order valence-electron chi connectivity index (χ3n) is 4.39. The summed E-state index contributed by atoms with van der Waals surface area (Å²) in [5, 5.41) is 0. The number of rotatable bonds is 5. The zero-order valence-electron chi connectivity index (χ0n) is 13.9. The number of carbonyl (C=O) groups excluding carboxylic acids is 1. The van der Waals surface area contributed by atoms with Crippen molar-refractivity contribution in [2.45, 2.75) is 25.3 Å². The van der Waals surface area contributed by atoms with E-state index in [1.54, 1.807) is 25.4 Å². The quantitative estimate of drug-likeness (QED) is 0.899. The van der Waals surface area contributed by atoms with Crippen molar-refractivity contribution < 1.29 is 9.53 Å². The van der Waals surface area contributed by atoms with Gasteiger partial charge in [-0.15, -0.1) is 0 Å². The van der Waals surface area contributed by atoms with Crippen LogP contribution in [0.4, 0.5) is 5.82 Å². The van der Waals surface area contributed by atoms with Gasteiger partial charge in [0.05, 0.1) is 12.2 Å². The summed E-state index contributed by atoms with van der Waals surface area (Å²) < 4.78 is 7.27. The Balaban J connectivity index is 1.71. The molecule has 1 amide bonds. The molecule has 0 bridgehead atoms. The van der Waals surface area contributed by atoms with Gasteiger partial charge in [0.25, 0.3) is 5.91 Å². The van der Waals surface area contributed by atoms with Crippen LogP contribution in [0.2, 0.25) is 0 Å². The molecule has 3 rings (SSSR count). The molecule has 0 spiro atoms. The van der Waals surface area contributed by atoms with E-state index in [0.717, 1.165) is 31.8 Å². The Morgan fingerprint density at radius 1 is 1.42 bits per heavy atom. The Labute approximate surface area is 141 Å². The van der Waals surface area contributed by atoms with Crippen molar-refractivity contribution in [3.63, 3.8) is 0 Å². The van der Waals surface area contributed by atoms with Gasteiger partial charge in [-0.05, 0) is 25.0 Å². The van der Waals surface area contributed by atoms with E-state index in [9.17, 15) is 4.79 Å². The van der Waals surface area contributed by atoms with E-state index in [1.807, 2.05) is 17.3 Å². The fourth-order valence-electron chi connectivity index (χ4n) is 3.15. The highest BCUT2D eigenvalue weighted by Gasteiger charge is 2.28. The summed E-state index contributed by atoms with van der Waals surface area (Å²) in [7, 11) is 1.69. The standard InChI is InChI=1S/C17H23N5O2/c1-24-10-9-21-8-6-19-16(21)14-3-2-7-22(12-14)17(23)13-4-5-15(18)20-11-13/h4-6,8,11,14H,2-3,7,9-10,12H2,1H3,(H2,18,20)/t14-/m0/s1. The van der Waals surface area contributed by atoms with E-state index in [0.29, 0.717) is 24.5 Å². The van der Waals surface area contributed by atoms with Crippen LogP contribution in [0.1, 0.15) is 34.9 Å². The molecular formula is C17H23N5O2. The maximum atomic E-state index is 12.7. The Hall–Kier alpha value is -2.41. The number of likely N-dealkylation sites (tertiary alicyclic amines) is 1. The number of methoxy groups -OCH3 is 1. The molecule has 0 unspecified atom stereocenters. The topological polar surface area (TPSA) is 86.3 Å². The molecule has 1 saturated heterocycles. The van der Waals surface area contributed by atoms with E-state index in [-0.39, 0.29) is 11.8 Å². The lowest BCUT2D eigenvalue weighted by molar-refractivity contribution is 0.0702. The molecule has 0 saturated carbocycles. The summed E-state index contributed by atoms with van der Waals surface area (Å²) in [5.41, 5.74) is 6.17. The van der Waals surface area contributed by atoms with E-state index in [4.69, 9.17) is 10.5 Å². The average molecular weight is 329 g/mol. The third kappa shape index (κ3) is 3.56. The highest BCUT2D eigenvalue weighted by molar-refractivity contribution is 5.94. The second-order valence-electron chi connectivity index (χ2n) is 6.03. The van der Waals surface area contributed by atoms with Crippen molar-refractivity contribution in [3.8, 4) is 0 Å². The highest BCUT2D eigenvalue weighted by Crippen LogP contribution is 2.26. The number of ether oxygens (including phenoxy) is 1. The van der Waals surface area contributed by atoms with Gasteiger partial charge >= 0.3 is 0 Å². The molecule has 3 heterocycles. The first-order valence-corrected chi connectivity index (χ1v) is 8.20. The van der Waals surface area contributed by atoms with Crippen LogP contribution >= 0.6 is 0 Å². The number of anilines is 1. The molecule has 1 aliphatic heterocycles. The number of nitrogens with zero attached hydrogens (tertiary/aromatic N) is 4. The highest BCUT2D eigenvalue weighted by atomic mass is 16.5. The number of nitrogens with two attached hydrogens (primary N) is 1. The molecule has 7 nitrogen and oxygen atoms in total. The summed E-state index contributed by atoms with van der Waals surface area (Å²) in [6.45, 7) is 2.86. The summed E-state index contributed by atoms with van der Waals surface area (Å²) in [6, 6.07) is 3.39. The second-order valence-corrected chi connectivity index (χ2v) is 6.03. The van der Waals surface area contributed by atoms with Gasteiger partial charge in [0.2, 0.25) is 0 Å². The first-order valence-electron chi connectivity index (χ1n) is 8.20. The van der Waals surface area contributed by atoms with Gasteiger partial charge in [-0.25, -0.2) is 9.97 Å². The summed E-state index contributed by atoms with van der Waals surface area (Å²) in [6.07, 6.45) is 7.33. The lowest BCUT2D eigenvalue weighted by Crippen LogP contribution is -2.39. The summed E-state index contributed by atoms with van der Waals surface area (Å²) in [4.78, 5) is 23.1. The third-order valence-corrected chi connectivity index (χ3v) is 4.39. The van der Waals surface area contributed by atoms with E-state index in [2.05, 4.69) is 14.5 Å². The van der Waals surface area contributed by atoms with Crippen LogP contribution in [0, 0.1) is 0 Å². The molecule has 24 heavy (non-hydrogen) atoms. The molecular weight excluding hydrogens is 306 g/mol. The van der Waals surface area contributed by atoms with Crippen LogP contribution in [0.15, 0.2) is 30.7 Å². The predicted octanol–water partition coefficient (Wildman–Crippen LogP) is 1.53. The minimum atomic E-state index is 0.00203. The minimum Gasteiger partial charge on any atom is -0.384 e. The van der Waals surface area contributed by atoms with Gasteiger partial charge in [0, 0.05) is 51.3 Å². The molecule has 1 aliphatic rings. The van der Waals surface area contributed by atoms with Gasteiger partial charge in [0.15, 0.2) is 0 Å². The first-order chi connectivity index (χ1) is 11.7. The molecule has 0 radical (unpaired) electrons. The largest absolute Gasteiger partial charge is 0.384 e. The molecule has 1 fully saturated rings. The fraction of sp³-hybridized carbons (Fsp3) is 0.471. The van der Waals surface area contributed by atoms with Crippen molar-refractivity contribution in [3.05, 3.63) is 42.1 Å². The maximum Gasteiger partial charge on any atom is 0.255 e. The van der Waals surface area contributed by atoms with Gasteiger partial charge < -0.3 is 19.9 Å². The maximum absolute atomic E-state index is 12.7. The lowest BCUT2D eigenvalue weighted by atomic mass is 9.96. The zero-order chi connectivity index (χ0) is 16.9. The Bertz CT molecular complexity index is 683. The predicted molar refractivity (Wildman–Crippen MR) is 90.6 cm³/mol. The van der Waals surface area contributed by atoms with Gasteiger partial charge in [-0.2, -0.15) is 0 Å². The van der Waals surface area contributed by atoms with Gasteiger partial charge in [-0.3, -0.25) is 4.79 Å². The molecule has 0 aliphatic carbocycles. The van der Waals surface area contributed by atoms with Gasteiger partial charge in [0.1, 0.15) is 11.6 Å². The molecule has 128 valence electrons. The monoisotopic (exact) mass is 329 g/mol. The Kier molecular flexibility index (Phi) is 5.10. The second kappa shape index (κ2) is 7.44. The molecule has 2 aromatic rings. The number of imidazole rings is 1. The Morgan fingerprint density at radius 3 is 3.04 bits per heavy atom. The normalized spacial score (nSPS) is 17.9. The van der Waals surface area contributed by atoms with Gasteiger partial charge in [-0.1, -0.05) is 0 Å². The first kappa shape index (κ1) is 16.4. The van der Waals surface area contributed by atoms with Crippen LogP contribution in [-0.2, 0) is 11.3 Å². The van der Waals surface area contributed by atoms with Crippen molar-refractivity contribution in [2.24, 2.45) is 0 Å². The van der Waals surface area contributed by atoms with E-state index < -0.39 is 0 Å². The zero-order valence-corrected chi connectivity index (χ0v) is 13.9. The SMILES string of the molecule is COCCn1ccnc1[C@H]1CCCN(C(=O)c2ccc(N)nc2)C1. The number of hydrogen-bond acceptors (Lipinski definition) is 5. The minimum absolute atomic E-state index is 0.00203. The number of piperidine rings is 1. The van der Waals surface area contributed by atoms with Crippen molar-refractivity contribution in [1.82, 2.24) is 19.4 Å². The Morgan fingerprint density at radius 2 is 2.29 bits per heavy atom. The number of nitrogen functional groups attached to an aromatic ring is 1. The van der Waals surface area contributed by atoms with Crippen LogP contribution < -0.4 is 5.73 Å². The van der Waals surface area contributed by atoms with Crippen LogP contribution in [0.25, 0.3) is 0 Å². The number of aromatic nitrogens is 3. The molecule has 1 atom stereocenters. The number of hydrogen-bond donors (Lipinski definition) is 1. The smallest absolute Gasteiger partial charge is 0.255 e. The number of amides is 1. The summed E-state index contributed by atoms with van der Waals surface area (Å²) >= 11 is 0.